The number of allylic oxidation sites excluding steroid dienone is 4. The quantitative estimate of drug-likeness (QED) is 0.0195. The first-order valence-corrected chi connectivity index (χ1v) is 34.5. The lowest BCUT2D eigenvalue weighted by atomic mass is 10.0. The summed E-state index contributed by atoms with van der Waals surface area (Å²) in [7, 11) is 1.18. The number of nitrogens with zero attached hydrogens (tertiary/aromatic N) is 1. The highest BCUT2D eigenvalue weighted by atomic mass is 31.2. The van der Waals surface area contributed by atoms with E-state index < -0.39 is 26.5 Å². The number of hydrogen-bond acceptors (Lipinski definition) is 8. The smallest absolute Gasteiger partial charge is 0.306 e. The Hall–Kier alpha value is -1.51. The Balaban J connectivity index is 4.03. The van der Waals surface area contributed by atoms with Crippen LogP contribution in [0.2, 0.25) is 0 Å². The first-order chi connectivity index (χ1) is 37.0. The molecular weight excluding hydrogens is 966 g/mol. The summed E-state index contributed by atoms with van der Waals surface area (Å²) >= 11 is 0. The van der Waals surface area contributed by atoms with Crippen LogP contribution in [-0.4, -0.2) is 70.0 Å². The first-order valence-electron chi connectivity index (χ1n) is 33.0. The summed E-state index contributed by atoms with van der Waals surface area (Å²) in [6.07, 6.45) is 71.1. The van der Waals surface area contributed by atoms with E-state index in [2.05, 4.69) is 38.2 Å². The molecule has 0 aliphatic heterocycles. The molecule has 2 unspecified atom stereocenters. The second kappa shape index (κ2) is 58.2. The third-order valence-electron chi connectivity index (χ3n) is 15.0. The van der Waals surface area contributed by atoms with E-state index in [1.807, 2.05) is 21.1 Å². The van der Waals surface area contributed by atoms with Crippen molar-refractivity contribution in [2.75, 3.05) is 47.5 Å². The zero-order valence-electron chi connectivity index (χ0n) is 51.2. The Bertz CT molecular complexity index is 1330. The topological polar surface area (TPSA) is 111 Å². The highest BCUT2D eigenvalue weighted by Gasteiger charge is 2.22. The van der Waals surface area contributed by atoms with Crippen molar-refractivity contribution in [3.63, 3.8) is 0 Å². The van der Waals surface area contributed by atoms with E-state index in [4.69, 9.17) is 18.5 Å². The van der Waals surface area contributed by atoms with Crippen LogP contribution < -0.4 is 4.89 Å². The van der Waals surface area contributed by atoms with Crippen LogP contribution in [-0.2, 0) is 32.7 Å². The van der Waals surface area contributed by atoms with E-state index in [-0.39, 0.29) is 32.0 Å². The number of esters is 2. The van der Waals surface area contributed by atoms with E-state index in [9.17, 15) is 19.0 Å². The summed E-state index contributed by atoms with van der Waals surface area (Å²) in [5, 5.41) is 0. The van der Waals surface area contributed by atoms with Crippen LogP contribution in [0, 0.1) is 0 Å². The van der Waals surface area contributed by atoms with E-state index in [1.165, 1.54) is 257 Å². The number of likely N-dealkylation sites (N-methyl/N-ethyl adjacent to an activating group) is 1. The molecule has 450 valence electrons. The maximum absolute atomic E-state index is 12.8. The largest absolute Gasteiger partial charge is 0.756 e. The van der Waals surface area contributed by atoms with Crippen LogP contribution in [0.25, 0.3) is 0 Å². The Morgan fingerprint density at radius 1 is 0.408 bits per heavy atom. The molecule has 2 atom stereocenters. The van der Waals surface area contributed by atoms with Crippen LogP contribution in [0.3, 0.4) is 0 Å². The zero-order chi connectivity index (χ0) is 55.6. The maximum atomic E-state index is 12.8. The molecule has 0 aromatic rings. The molecule has 10 heteroatoms. The van der Waals surface area contributed by atoms with Gasteiger partial charge in [0.1, 0.15) is 19.8 Å². The standard InChI is InChI=1S/C66H128NO8P/c1-6-8-10-12-14-16-18-20-22-24-26-28-30-31-32-33-34-35-37-38-40-42-44-46-48-50-52-54-56-58-65(68)72-62-64(63-74-76(70,71)73-61-60-67(3,4)5)75-66(69)59-57-55-53-51-49-47-45-43-41-39-36-29-27-25-23-21-19-17-15-13-11-9-7-2/h19,21,25,27,64H,6-18,20,22-24,26,28-63H2,1-5H3/b21-19-,27-25-. The van der Waals surface area contributed by atoms with Crippen molar-refractivity contribution in [2.24, 2.45) is 0 Å². The van der Waals surface area contributed by atoms with Gasteiger partial charge in [-0.25, -0.2) is 0 Å². The van der Waals surface area contributed by atoms with E-state index in [0.717, 1.165) is 44.9 Å². The van der Waals surface area contributed by atoms with Crippen molar-refractivity contribution >= 4 is 19.8 Å². The molecule has 0 fully saturated rings. The molecule has 0 bridgehead atoms. The van der Waals surface area contributed by atoms with Crippen molar-refractivity contribution in [1.82, 2.24) is 0 Å². The summed E-state index contributed by atoms with van der Waals surface area (Å²) in [4.78, 5) is 38.0. The van der Waals surface area contributed by atoms with Crippen molar-refractivity contribution in [3.8, 4) is 0 Å². The number of phosphoric ester groups is 1. The molecule has 0 heterocycles. The van der Waals surface area contributed by atoms with Gasteiger partial charge in [0, 0.05) is 12.8 Å². The van der Waals surface area contributed by atoms with Crippen LogP contribution in [0.5, 0.6) is 0 Å². The van der Waals surface area contributed by atoms with Gasteiger partial charge >= 0.3 is 11.9 Å². The number of ether oxygens (including phenoxy) is 2. The molecule has 0 radical (unpaired) electrons. The lowest BCUT2D eigenvalue weighted by molar-refractivity contribution is -0.870. The Morgan fingerprint density at radius 2 is 0.711 bits per heavy atom. The number of carbonyl (C=O) groups excluding carboxylic acids is 2. The van der Waals surface area contributed by atoms with E-state index in [0.29, 0.717) is 17.4 Å². The van der Waals surface area contributed by atoms with Gasteiger partial charge in [-0.15, -0.1) is 0 Å². The molecule has 0 rings (SSSR count). The second-order valence-electron chi connectivity index (χ2n) is 23.8. The number of carbonyl (C=O) groups is 2. The number of rotatable bonds is 62. The number of unbranched alkanes of at least 4 members (excludes halogenated alkanes) is 44. The van der Waals surface area contributed by atoms with Gasteiger partial charge in [0.05, 0.1) is 27.7 Å². The molecule has 76 heavy (non-hydrogen) atoms. The molecule has 0 saturated carbocycles. The zero-order valence-corrected chi connectivity index (χ0v) is 52.1. The van der Waals surface area contributed by atoms with Gasteiger partial charge in [-0.2, -0.15) is 0 Å². The van der Waals surface area contributed by atoms with Crippen molar-refractivity contribution in [2.45, 2.75) is 341 Å². The van der Waals surface area contributed by atoms with Gasteiger partial charge in [-0.05, 0) is 44.9 Å². The molecule has 0 aromatic heterocycles. The fraction of sp³-hybridized carbons (Fsp3) is 0.909. The summed E-state index contributed by atoms with van der Waals surface area (Å²) in [6.45, 7) is 4.29. The van der Waals surface area contributed by atoms with Gasteiger partial charge in [0.15, 0.2) is 6.10 Å². The van der Waals surface area contributed by atoms with E-state index >= 15 is 0 Å². The number of quaternary nitrogens is 1. The number of hydrogen-bond donors (Lipinski definition) is 0. The van der Waals surface area contributed by atoms with Gasteiger partial charge < -0.3 is 27.9 Å². The van der Waals surface area contributed by atoms with Crippen LogP contribution in [0.15, 0.2) is 24.3 Å². The Labute approximate surface area is 472 Å². The highest BCUT2D eigenvalue weighted by Crippen LogP contribution is 2.38. The minimum absolute atomic E-state index is 0.0284. The molecule has 0 saturated heterocycles. The Kier molecular flexibility index (Phi) is 57.0. The van der Waals surface area contributed by atoms with Gasteiger partial charge in [0.25, 0.3) is 7.82 Å². The van der Waals surface area contributed by atoms with Gasteiger partial charge in [0.2, 0.25) is 0 Å². The van der Waals surface area contributed by atoms with Crippen molar-refractivity contribution in [1.29, 1.82) is 0 Å². The lowest BCUT2D eigenvalue weighted by Gasteiger charge is -2.28. The summed E-state index contributed by atoms with van der Waals surface area (Å²) in [6, 6.07) is 0. The molecular formula is C66H128NO8P. The van der Waals surface area contributed by atoms with Gasteiger partial charge in [-0.3, -0.25) is 14.2 Å². The number of phosphoric acid groups is 1. The minimum atomic E-state index is -4.64. The third kappa shape index (κ3) is 61.7. The van der Waals surface area contributed by atoms with Crippen molar-refractivity contribution < 1.29 is 42.1 Å². The molecule has 0 spiro atoms. The molecule has 0 aliphatic carbocycles. The molecule has 9 nitrogen and oxygen atoms in total. The summed E-state index contributed by atoms with van der Waals surface area (Å²) in [5.41, 5.74) is 0. The normalized spacial score (nSPS) is 13.3. The lowest BCUT2D eigenvalue weighted by Crippen LogP contribution is -2.37. The first kappa shape index (κ1) is 74.5. The highest BCUT2D eigenvalue weighted by molar-refractivity contribution is 7.45. The average molecular weight is 1090 g/mol. The summed E-state index contributed by atoms with van der Waals surface area (Å²) < 4.78 is 34.3. The van der Waals surface area contributed by atoms with Gasteiger partial charge in [-0.1, -0.05) is 301 Å². The van der Waals surface area contributed by atoms with Crippen LogP contribution in [0.1, 0.15) is 335 Å². The molecule has 0 aliphatic rings. The average Bonchev–Trinajstić information content (AvgIpc) is 3.38. The van der Waals surface area contributed by atoms with Crippen LogP contribution >= 0.6 is 7.82 Å². The van der Waals surface area contributed by atoms with Crippen LogP contribution in [0.4, 0.5) is 0 Å². The maximum Gasteiger partial charge on any atom is 0.306 e. The fourth-order valence-corrected chi connectivity index (χ4v) is 10.6. The fourth-order valence-electron chi connectivity index (χ4n) is 9.87. The van der Waals surface area contributed by atoms with Crippen molar-refractivity contribution in [3.05, 3.63) is 24.3 Å². The molecule has 0 amide bonds. The minimum Gasteiger partial charge on any atom is -0.756 e. The molecule has 0 aromatic carbocycles. The second-order valence-corrected chi connectivity index (χ2v) is 25.3. The third-order valence-corrected chi connectivity index (χ3v) is 15.9. The summed E-state index contributed by atoms with van der Waals surface area (Å²) in [5.74, 6) is -0.816. The monoisotopic (exact) mass is 1090 g/mol. The predicted octanol–water partition coefficient (Wildman–Crippen LogP) is 20.3. The van der Waals surface area contributed by atoms with E-state index in [1.54, 1.807) is 0 Å². The SMILES string of the molecule is CCCCCCC/C=C\C/C=C\CCCCCCCCCCCCCC(=O)OC(COC(=O)CCCCCCCCCCCCCCCCCCCCCCCCCCCCCCC)COP(=O)([O-])OCC[N+](C)(C)C. The Morgan fingerprint density at radius 3 is 1.04 bits per heavy atom. The molecule has 0 N–H and O–H groups in total. The predicted molar refractivity (Wildman–Crippen MR) is 324 cm³/mol.